The van der Waals surface area contributed by atoms with Crippen LogP contribution in [0.4, 0.5) is 0 Å². The second-order valence-electron chi connectivity index (χ2n) is 3.71. The molecule has 0 aliphatic heterocycles. The summed E-state index contributed by atoms with van der Waals surface area (Å²) in [6.45, 7) is 1.99. The largest absolute Gasteiger partial charge is 0.507 e. The predicted molar refractivity (Wildman–Crippen MR) is 67.6 cm³/mol. The first-order valence-corrected chi connectivity index (χ1v) is 5.71. The molecule has 0 aromatic heterocycles. The van der Waals surface area contributed by atoms with Crippen molar-refractivity contribution in [2.45, 2.75) is 19.8 Å². The number of carboxylic acids is 1. The summed E-state index contributed by atoms with van der Waals surface area (Å²) in [5.41, 5.74) is 0.828. The van der Waals surface area contributed by atoms with Crippen molar-refractivity contribution in [1.29, 1.82) is 0 Å². The second kappa shape index (κ2) is 7.07. The summed E-state index contributed by atoms with van der Waals surface area (Å²) >= 11 is 0. The summed E-state index contributed by atoms with van der Waals surface area (Å²) in [4.78, 5) is 21.6. The molecule has 0 heterocycles. The lowest BCUT2D eigenvalue weighted by molar-refractivity contribution is -0.142. The van der Waals surface area contributed by atoms with E-state index >= 15 is 0 Å². The average molecular weight is 262 g/mol. The fraction of sp³-hybridized carbons (Fsp3) is 0.286. The van der Waals surface area contributed by atoms with Crippen LogP contribution in [0.2, 0.25) is 0 Å². The minimum Gasteiger partial charge on any atom is -0.507 e. The predicted octanol–water partition coefficient (Wildman–Crippen LogP) is 1.32. The lowest BCUT2D eigenvalue weighted by atomic mass is 10.1. The molecule has 0 bridgehead atoms. The van der Waals surface area contributed by atoms with Gasteiger partial charge >= 0.3 is 11.9 Å². The van der Waals surface area contributed by atoms with E-state index in [1.807, 2.05) is 0 Å². The molecule has 0 radical (unpaired) electrons. The second-order valence-corrected chi connectivity index (χ2v) is 3.71. The minimum atomic E-state index is -0.962. The molecular formula is C14H14O5. The number of carbonyl (C=O) groups is 2. The smallest absolute Gasteiger partial charge is 0.317 e. The number of carboxylic acid groups (broad SMARTS) is 1. The zero-order valence-corrected chi connectivity index (χ0v) is 10.5. The van der Waals surface area contributed by atoms with Crippen molar-refractivity contribution in [3.05, 3.63) is 29.3 Å². The fourth-order valence-corrected chi connectivity index (χ4v) is 1.39. The maximum atomic E-state index is 11.1. The monoisotopic (exact) mass is 262 g/mol. The Kier molecular flexibility index (Phi) is 5.42. The topological polar surface area (TPSA) is 83.8 Å². The molecule has 0 aliphatic rings. The average Bonchev–Trinajstić information content (AvgIpc) is 2.33. The van der Waals surface area contributed by atoms with Gasteiger partial charge in [0, 0.05) is 0 Å². The van der Waals surface area contributed by atoms with Crippen LogP contribution >= 0.6 is 0 Å². The van der Waals surface area contributed by atoms with Crippen LogP contribution < -0.4 is 0 Å². The van der Waals surface area contributed by atoms with Gasteiger partial charge in [0.25, 0.3) is 0 Å². The Bertz CT molecular complexity index is 537. The van der Waals surface area contributed by atoms with Crippen molar-refractivity contribution in [1.82, 2.24) is 0 Å². The molecule has 1 aromatic rings. The van der Waals surface area contributed by atoms with Gasteiger partial charge in [0.05, 0.1) is 18.6 Å². The Balaban J connectivity index is 2.79. The molecule has 0 saturated heterocycles. The number of aliphatic carboxylic acids is 1. The normalized spacial score (nSPS) is 9.32. The lowest BCUT2D eigenvalue weighted by Gasteiger charge is -2.01. The van der Waals surface area contributed by atoms with Crippen LogP contribution in [0.3, 0.4) is 0 Å². The summed E-state index contributed by atoms with van der Waals surface area (Å²) in [6.07, 6.45) is -0.219. The molecule has 0 unspecified atom stereocenters. The standard InChI is InChI=1S/C14H14O5/c1-2-19-14(18)5-3-4-11-8-10(9-13(16)17)6-7-12(11)15/h6-8,15H,2,5,9H2,1H3,(H,16,17). The van der Waals surface area contributed by atoms with Gasteiger partial charge in [0.1, 0.15) is 12.2 Å². The molecule has 2 N–H and O–H groups in total. The maximum absolute atomic E-state index is 11.1. The molecule has 0 aliphatic carbocycles. The number of ether oxygens (including phenoxy) is 1. The highest BCUT2D eigenvalue weighted by atomic mass is 16.5. The zero-order chi connectivity index (χ0) is 14.3. The lowest BCUT2D eigenvalue weighted by Crippen LogP contribution is -2.01. The van der Waals surface area contributed by atoms with Gasteiger partial charge in [-0.05, 0) is 24.6 Å². The van der Waals surface area contributed by atoms with E-state index < -0.39 is 11.9 Å². The van der Waals surface area contributed by atoms with Crippen molar-refractivity contribution in [2.24, 2.45) is 0 Å². The summed E-state index contributed by atoms with van der Waals surface area (Å²) in [7, 11) is 0. The van der Waals surface area contributed by atoms with Crippen LogP contribution in [0.1, 0.15) is 24.5 Å². The number of esters is 1. The third kappa shape index (κ3) is 5.13. The van der Waals surface area contributed by atoms with E-state index in [2.05, 4.69) is 11.8 Å². The highest BCUT2D eigenvalue weighted by Crippen LogP contribution is 2.17. The highest BCUT2D eigenvalue weighted by molar-refractivity contribution is 5.73. The molecule has 0 spiro atoms. The molecule has 5 nitrogen and oxygen atoms in total. The number of phenols is 1. The van der Waals surface area contributed by atoms with Crippen molar-refractivity contribution in [2.75, 3.05) is 6.61 Å². The Morgan fingerprint density at radius 3 is 2.74 bits per heavy atom. The van der Waals surface area contributed by atoms with Crippen molar-refractivity contribution >= 4 is 11.9 Å². The molecule has 0 atom stereocenters. The van der Waals surface area contributed by atoms with Crippen LogP contribution in [0.5, 0.6) is 5.75 Å². The molecule has 19 heavy (non-hydrogen) atoms. The molecule has 5 heteroatoms. The minimum absolute atomic E-state index is 0.0505. The highest BCUT2D eigenvalue weighted by Gasteiger charge is 2.04. The summed E-state index contributed by atoms with van der Waals surface area (Å²) < 4.78 is 4.70. The molecule has 1 aromatic carbocycles. The number of benzene rings is 1. The maximum Gasteiger partial charge on any atom is 0.317 e. The molecule has 100 valence electrons. The summed E-state index contributed by atoms with van der Waals surface area (Å²) in [5, 5.41) is 18.2. The number of rotatable bonds is 4. The quantitative estimate of drug-likeness (QED) is 0.631. The van der Waals surface area contributed by atoms with Gasteiger partial charge in [-0.15, -0.1) is 0 Å². The Morgan fingerprint density at radius 1 is 1.37 bits per heavy atom. The van der Waals surface area contributed by atoms with Crippen LogP contribution in [0, 0.1) is 11.8 Å². The molecule has 0 fully saturated rings. The summed E-state index contributed by atoms with van der Waals surface area (Å²) in [6, 6.07) is 4.38. The van der Waals surface area contributed by atoms with Crippen LogP contribution in [0.25, 0.3) is 0 Å². The van der Waals surface area contributed by atoms with E-state index in [9.17, 15) is 14.7 Å². The first-order chi connectivity index (χ1) is 9.02. The van der Waals surface area contributed by atoms with E-state index in [0.717, 1.165) is 0 Å². The van der Waals surface area contributed by atoms with Gasteiger partial charge in [-0.25, -0.2) is 0 Å². The van der Waals surface area contributed by atoms with E-state index in [1.165, 1.54) is 18.2 Å². The first kappa shape index (κ1) is 14.6. The van der Waals surface area contributed by atoms with Gasteiger partial charge < -0.3 is 14.9 Å². The van der Waals surface area contributed by atoms with Crippen LogP contribution in [-0.2, 0) is 20.7 Å². The summed E-state index contributed by atoms with van der Waals surface area (Å²) in [5.74, 6) is 3.75. The van der Waals surface area contributed by atoms with Crippen molar-refractivity contribution in [3.63, 3.8) is 0 Å². The molecule has 0 saturated carbocycles. The molecular weight excluding hydrogens is 248 g/mol. The molecule has 0 amide bonds. The zero-order valence-electron chi connectivity index (χ0n) is 10.5. The van der Waals surface area contributed by atoms with E-state index in [0.29, 0.717) is 17.7 Å². The van der Waals surface area contributed by atoms with Crippen molar-refractivity contribution in [3.8, 4) is 17.6 Å². The number of carbonyl (C=O) groups excluding carboxylic acids is 1. The Hall–Kier alpha value is -2.48. The van der Waals surface area contributed by atoms with Gasteiger partial charge in [0.2, 0.25) is 0 Å². The first-order valence-electron chi connectivity index (χ1n) is 5.71. The number of aromatic hydroxyl groups is 1. The van der Waals surface area contributed by atoms with Gasteiger partial charge in [0.15, 0.2) is 0 Å². The Morgan fingerprint density at radius 2 is 2.11 bits per heavy atom. The van der Waals surface area contributed by atoms with Crippen LogP contribution in [-0.4, -0.2) is 28.8 Å². The number of hydrogen-bond donors (Lipinski definition) is 2. The third-order valence-corrected chi connectivity index (χ3v) is 2.18. The van der Waals surface area contributed by atoms with Gasteiger partial charge in [-0.1, -0.05) is 17.9 Å². The number of phenolic OH excluding ortho intramolecular Hbond substituents is 1. The third-order valence-electron chi connectivity index (χ3n) is 2.18. The van der Waals surface area contributed by atoms with E-state index in [4.69, 9.17) is 9.84 Å². The van der Waals surface area contributed by atoms with E-state index in [1.54, 1.807) is 6.92 Å². The van der Waals surface area contributed by atoms with Gasteiger partial charge in [-0.2, -0.15) is 0 Å². The van der Waals surface area contributed by atoms with Crippen LogP contribution in [0.15, 0.2) is 18.2 Å². The fourth-order valence-electron chi connectivity index (χ4n) is 1.39. The van der Waals surface area contributed by atoms with Crippen molar-refractivity contribution < 1.29 is 24.5 Å². The number of hydrogen-bond acceptors (Lipinski definition) is 4. The SMILES string of the molecule is CCOC(=O)CC#Cc1cc(CC(=O)O)ccc1O. The molecule has 1 rings (SSSR count). The Labute approximate surface area is 110 Å². The van der Waals surface area contributed by atoms with E-state index in [-0.39, 0.29) is 18.6 Å². The van der Waals surface area contributed by atoms with Gasteiger partial charge in [-0.3, -0.25) is 9.59 Å².